The number of nitro groups is 1. The number of nitrogen functional groups attached to an aromatic ring is 1. The number of nitrogens with one attached hydrogen (secondary N) is 1. The van der Waals surface area contributed by atoms with Crippen LogP contribution in [-0.2, 0) is 10.0 Å². The third kappa shape index (κ3) is 3.65. The Morgan fingerprint density at radius 1 is 1.37 bits per heavy atom. The highest BCUT2D eigenvalue weighted by atomic mass is 32.2. The van der Waals surface area contributed by atoms with Gasteiger partial charge in [-0.3, -0.25) is 10.1 Å². The third-order valence-electron chi connectivity index (χ3n) is 2.78. The number of hydrogen-bond donors (Lipinski definition) is 2. The van der Waals surface area contributed by atoms with Gasteiger partial charge in [-0.15, -0.1) is 0 Å². The summed E-state index contributed by atoms with van der Waals surface area (Å²) >= 11 is 0. The Morgan fingerprint density at radius 2 is 1.95 bits per heavy atom. The Bertz CT molecular complexity index is 567. The molecule has 7 nitrogen and oxygen atoms in total. The van der Waals surface area contributed by atoms with Gasteiger partial charge in [-0.2, -0.15) is 0 Å². The van der Waals surface area contributed by atoms with Crippen molar-refractivity contribution < 1.29 is 13.3 Å². The minimum absolute atomic E-state index is 0.163. The van der Waals surface area contributed by atoms with Crippen LogP contribution in [0.2, 0.25) is 0 Å². The van der Waals surface area contributed by atoms with Gasteiger partial charge in [-0.1, -0.05) is 13.8 Å². The zero-order valence-electron chi connectivity index (χ0n) is 10.8. The van der Waals surface area contributed by atoms with E-state index in [0.717, 1.165) is 12.1 Å². The van der Waals surface area contributed by atoms with Crippen LogP contribution in [-0.4, -0.2) is 19.4 Å². The van der Waals surface area contributed by atoms with Gasteiger partial charge in [0.25, 0.3) is 5.69 Å². The zero-order valence-corrected chi connectivity index (χ0v) is 11.6. The molecule has 3 N–H and O–H groups in total. The molecule has 1 aromatic carbocycles. The molecule has 1 aromatic rings. The number of anilines is 1. The van der Waals surface area contributed by atoms with E-state index in [0.29, 0.717) is 12.8 Å². The molecule has 1 rings (SSSR count). The van der Waals surface area contributed by atoms with Crippen molar-refractivity contribution in [3.05, 3.63) is 28.3 Å². The molecular formula is C11H17N3O4S. The van der Waals surface area contributed by atoms with Crippen LogP contribution < -0.4 is 10.5 Å². The molecule has 0 atom stereocenters. The molecule has 0 amide bonds. The van der Waals surface area contributed by atoms with Crippen LogP contribution >= 0.6 is 0 Å². The Hall–Kier alpha value is -1.67. The molecule has 0 aliphatic heterocycles. The van der Waals surface area contributed by atoms with Crippen molar-refractivity contribution in [2.75, 3.05) is 5.73 Å². The predicted molar refractivity (Wildman–Crippen MR) is 72.2 cm³/mol. The average Bonchev–Trinajstić information content (AvgIpc) is 2.35. The van der Waals surface area contributed by atoms with Crippen molar-refractivity contribution in [1.82, 2.24) is 4.72 Å². The molecule has 0 heterocycles. The van der Waals surface area contributed by atoms with E-state index in [1.807, 2.05) is 13.8 Å². The summed E-state index contributed by atoms with van der Waals surface area (Å²) in [6.45, 7) is 3.68. The van der Waals surface area contributed by atoms with Gasteiger partial charge in [-0.25, -0.2) is 13.1 Å². The maximum atomic E-state index is 12.2. The van der Waals surface area contributed by atoms with Crippen LogP contribution in [0.15, 0.2) is 23.1 Å². The van der Waals surface area contributed by atoms with Gasteiger partial charge in [0, 0.05) is 17.8 Å². The van der Waals surface area contributed by atoms with Gasteiger partial charge in [0.15, 0.2) is 4.90 Å². The Labute approximate surface area is 112 Å². The first-order chi connectivity index (χ1) is 8.81. The number of nitrogens with two attached hydrogens (primary N) is 1. The van der Waals surface area contributed by atoms with Gasteiger partial charge >= 0.3 is 0 Å². The number of hydrogen-bond acceptors (Lipinski definition) is 5. The summed E-state index contributed by atoms with van der Waals surface area (Å²) in [4.78, 5) is 9.74. The van der Waals surface area contributed by atoms with E-state index in [9.17, 15) is 18.5 Å². The summed E-state index contributed by atoms with van der Waals surface area (Å²) in [5.41, 5.74) is 5.19. The van der Waals surface area contributed by atoms with E-state index >= 15 is 0 Å². The Balaban J connectivity index is 3.27. The Morgan fingerprint density at radius 3 is 2.42 bits per heavy atom. The van der Waals surface area contributed by atoms with Gasteiger partial charge < -0.3 is 5.73 Å². The van der Waals surface area contributed by atoms with Crippen LogP contribution in [0.4, 0.5) is 11.4 Å². The monoisotopic (exact) mass is 287 g/mol. The molecule has 0 aromatic heterocycles. The second kappa shape index (κ2) is 5.98. The third-order valence-corrected chi connectivity index (χ3v) is 4.33. The van der Waals surface area contributed by atoms with Crippen molar-refractivity contribution in [2.45, 2.75) is 37.6 Å². The van der Waals surface area contributed by atoms with Crippen LogP contribution in [0.5, 0.6) is 0 Å². The minimum atomic E-state index is -3.95. The summed E-state index contributed by atoms with van der Waals surface area (Å²) in [5, 5.41) is 10.9. The van der Waals surface area contributed by atoms with Crippen molar-refractivity contribution in [3.8, 4) is 0 Å². The van der Waals surface area contributed by atoms with Gasteiger partial charge in [0.2, 0.25) is 10.0 Å². The van der Waals surface area contributed by atoms with Gasteiger partial charge in [-0.05, 0) is 25.0 Å². The highest BCUT2D eigenvalue weighted by molar-refractivity contribution is 7.89. The highest BCUT2D eigenvalue weighted by Gasteiger charge is 2.27. The fraction of sp³-hybridized carbons (Fsp3) is 0.455. The van der Waals surface area contributed by atoms with Crippen molar-refractivity contribution in [3.63, 3.8) is 0 Å². The molecular weight excluding hydrogens is 270 g/mol. The standard InChI is InChI=1S/C11H17N3O4S/c1-3-9(4-2)13-19(17,18)11-7-8(12)5-6-10(11)14(15)16/h5-7,9,13H,3-4,12H2,1-2H3. The molecule has 0 saturated carbocycles. The summed E-state index contributed by atoms with van der Waals surface area (Å²) in [5.74, 6) is 0. The first-order valence-corrected chi connectivity index (χ1v) is 7.36. The van der Waals surface area contributed by atoms with Crippen LogP contribution in [0, 0.1) is 10.1 Å². The molecule has 0 saturated heterocycles. The molecule has 0 spiro atoms. The lowest BCUT2D eigenvalue weighted by Crippen LogP contribution is -2.34. The number of nitro benzene ring substituents is 1. The number of sulfonamides is 1. The summed E-state index contributed by atoms with van der Waals surface area (Å²) in [6.07, 6.45) is 1.21. The second-order valence-electron chi connectivity index (χ2n) is 4.12. The fourth-order valence-corrected chi connectivity index (χ4v) is 3.24. The van der Waals surface area contributed by atoms with Gasteiger partial charge in [0.05, 0.1) is 4.92 Å². The number of rotatable bonds is 6. The summed E-state index contributed by atoms with van der Waals surface area (Å²) in [7, 11) is -3.95. The second-order valence-corrected chi connectivity index (χ2v) is 5.80. The summed E-state index contributed by atoms with van der Waals surface area (Å²) < 4.78 is 26.8. The van der Waals surface area contributed by atoms with Crippen LogP contribution in [0.3, 0.4) is 0 Å². The topological polar surface area (TPSA) is 115 Å². The van der Waals surface area contributed by atoms with E-state index in [1.165, 1.54) is 6.07 Å². The molecule has 19 heavy (non-hydrogen) atoms. The van der Waals surface area contributed by atoms with Crippen molar-refractivity contribution in [1.29, 1.82) is 0 Å². The van der Waals surface area contributed by atoms with E-state index in [1.54, 1.807) is 0 Å². The molecule has 106 valence electrons. The molecule has 0 aliphatic carbocycles. The molecule has 0 aliphatic rings. The molecule has 8 heteroatoms. The lowest BCUT2D eigenvalue weighted by atomic mass is 10.2. The first kappa shape index (κ1) is 15.4. The van der Waals surface area contributed by atoms with E-state index in [4.69, 9.17) is 5.73 Å². The van der Waals surface area contributed by atoms with Crippen molar-refractivity contribution in [2.24, 2.45) is 0 Å². The lowest BCUT2D eigenvalue weighted by molar-refractivity contribution is -0.387. The highest BCUT2D eigenvalue weighted by Crippen LogP contribution is 2.26. The first-order valence-electron chi connectivity index (χ1n) is 5.88. The zero-order chi connectivity index (χ0) is 14.6. The normalized spacial score (nSPS) is 11.7. The molecule has 0 bridgehead atoms. The molecule has 0 radical (unpaired) electrons. The quantitative estimate of drug-likeness (QED) is 0.469. The summed E-state index contributed by atoms with van der Waals surface area (Å²) in [6, 6.07) is 3.24. The predicted octanol–water partition coefficient (Wildman–Crippen LogP) is 1.64. The van der Waals surface area contributed by atoms with E-state index in [2.05, 4.69) is 4.72 Å². The minimum Gasteiger partial charge on any atom is -0.399 e. The molecule has 0 unspecified atom stereocenters. The van der Waals surface area contributed by atoms with E-state index < -0.39 is 25.5 Å². The molecule has 0 fully saturated rings. The van der Waals surface area contributed by atoms with E-state index in [-0.39, 0.29) is 11.7 Å². The SMILES string of the molecule is CCC(CC)NS(=O)(=O)c1cc(N)ccc1[N+](=O)[O-]. The Kier molecular flexibility index (Phi) is 4.84. The lowest BCUT2D eigenvalue weighted by Gasteiger charge is -2.15. The average molecular weight is 287 g/mol. The number of nitrogens with zero attached hydrogens (tertiary/aromatic N) is 1. The smallest absolute Gasteiger partial charge is 0.289 e. The van der Waals surface area contributed by atoms with Gasteiger partial charge in [0.1, 0.15) is 0 Å². The number of benzene rings is 1. The largest absolute Gasteiger partial charge is 0.399 e. The fourth-order valence-electron chi connectivity index (χ4n) is 1.64. The maximum absolute atomic E-state index is 12.2. The van der Waals surface area contributed by atoms with Crippen molar-refractivity contribution >= 4 is 21.4 Å². The maximum Gasteiger partial charge on any atom is 0.289 e. The van der Waals surface area contributed by atoms with Crippen LogP contribution in [0.1, 0.15) is 26.7 Å². The van der Waals surface area contributed by atoms with Crippen LogP contribution in [0.25, 0.3) is 0 Å².